The maximum Gasteiger partial charge on any atom is 0.265 e. The topological polar surface area (TPSA) is 114 Å². The van der Waals surface area contributed by atoms with Crippen molar-refractivity contribution < 1.29 is 4.79 Å². The van der Waals surface area contributed by atoms with Crippen LogP contribution >= 0.6 is 0 Å². The zero-order chi connectivity index (χ0) is 16.2. The molecule has 2 heterocycles. The molecule has 0 aliphatic heterocycles. The molecule has 0 unspecified atom stereocenters. The standard InChI is InChI=1S/C16H13N5O2/c17-14(22)13-15(19-9-20-16(13)23)21-12-5-1-3-10(7-12)11-4-2-6-18-8-11/h1-9H,(H2,17,22)(H2,19,20,21,23). The second kappa shape index (κ2) is 6.10. The van der Waals surface area contributed by atoms with Gasteiger partial charge in [0, 0.05) is 23.6 Å². The lowest BCUT2D eigenvalue weighted by molar-refractivity contribution is 0.0999. The summed E-state index contributed by atoms with van der Waals surface area (Å²) in [6.45, 7) is 0. The lowest BCUT2D eigenvalue weighted by Gasteiger charge is -2.09. The van der Waals surface area contributed by atoms with Gasteiger partial charge in [-0.3, -0.25) is 14.6 Å². The van der Waals surface area contributed by atoms with Gasteiger partial charge < -0.3 is 16.0 Å². The number of anilines is 2. The summed E-state index contributed by atoms with van der Waals surface area (Å²) in [6.07, 6.45) is 4.66. The fourth-order valence-electron chi connectivity index (χ4n) is 2.17. The molecule has 0 bridgehead atoms. The molecule has 0 atom stereocenters. The largest absolute Gasteiger partial charge is 0.365 e. The summed E-state index contributed by atoms with van der Waals surface area (Å²) in [4.78, 5) is 33.5. The molecule has 2 aromatic heterocycles. The highest BCUT2D eigenvalue weighted by Gasteiger charge is 2.14. The zero-order valence-electron chi connectivity index (χ0n) is 12.0. The van der Waals surface area contributed by atoms with Crippen LogP contribution in [0.5, 0.6) is 0 Å². The van der Waals surface area contributed by atoms with E-state index in [-0.39, 0.29) is 11.4 Å². The number of H-pyrrole nitrogens is 1. The van der Waals surface area contributed by atoms with Gasteiger partial charge in [-0.2, -0.15) is 0 Å². The first kappa shape index (κ1) is 14.5. The zero-order valence-corrected chi connectivity index (χ0v) is 12.0. The number of nitrogens with one attached hydrogen (secondary N) is 2. The highest BCUT2D eigenvalue weighted by Crippen LogP contribution is 2.23. The number of aromatic amines is 1. The average Bonchev–Trinajstić information content (AvgIpc) is 2.56. The van der Waals surface area contributed by atoms with Crippen LogP contribution in [-0.4, -0.2) is 20.9 Å². The van der Waals surface area contributed by atoms with Crippen molar-refractivity contribution in [1.29, 1.82) is 0 Å². The fourth-order valence-corrected chi connectivity index (χ4v) is 2.17. The third kappa shape index (κ3) is 3.08. The maximum absolute atomic E-state index is 11.7. The fraction of sp³-hybridized carbons (Fsp3) is 0. The van der Waals surface area contributed by atoms with Gasteiger partial charge in [0.25, 0.3) is 11.5 Å². The molecule has 3 rings (SSSR count). The van der Waals surface area contributed by atoms with E-state index in [4.69, 9.17) is 5.73 Å². The van der Waals surface area contributed by atoms with E-state index in [1.54, 1.807) is 18.5 Å². The minimum atomic E-state index is -0.842. The number of rotatable bonds is 4. The predicted octanol–water partition coefficient (Wildman–Crippen LogP) is 1.67. The normalized spacial score (nSPS) is 10.3. The molecule has 0 saturated carbocycles. The molecule has 0 spiro atoms. The molecule has 1 aromatic carbocycles. The van der Waals surface area contributed by atoms with Crippen molar-refractivity contribution in [1.82, 2.24) is 15.0 Å². The SMILES string of the molecule is NC(=O)c1c(Nc2cccc(-c3cccnc3)c2)nc[nH]c1=O. The second-order valence-electron chi connectivity index (χ2n) is 4.77. The summed E-state index contributed by atoms with van der Waals surface area (Å²) in [5, 5.41) is 2.95. The number of carbonyl (C=O) groups excluding carboxylic acids is 1. The Balaban J connectivity index is 1.98. The number of hydrogen-bond acceptors (Lipinski definition) is 5. The highest BCUT2D eigenvalue weighted by atomic mass is 16.2. The number of aromatic nitrogens is 3. The van der Waals surface area contributed by atoms with Crippen LogP contribution in [0.15, 0.2) is 59.9 Å². The van der Waals surface area contributed by atoms with Crippen LogP contribution in [0.3, 0.4) is 0 Å². The smallest absolute Gasteiger partial charge is 0.265 e. The molecule has 7 heteroatoms. The third-order valence-electron chi connectivity index (χ3n) is 3.22. The van der Waals surface area contributed by atoms with Crippen molar-refractivity contribution in [2.75, 3.05) is 5.32 Å². The maximum atomic E-state index is 11.7. The van der Waals surface area contributed by atoms with E-state index in [0.717, 1.165) is 11.1 Å². The van der Waals surface area contributed by atoms with Gasteiger partial charge in [0.1, 0.15) is 5.56 Å². The first-order valence-corrected chi connectivity index (χ1v) is 6.80. The molecule has 0 aliphatic carbocycles. The van der Waals surface area contributed by atoms with Crippen LogP contribution in [0.1, 0.15) is 10.4 Å². The van der Waals surface area contributed by atoms with E-state index in [1.165, 1.54) is 6.33 Å². The van der Waals surface area contributed by atoms with Crippen LogP contribution in [0.25, 0.3) is 11.1 Å². The minimum absolute atomic E-state index is 0.115. The Morgan fingerprint density at radius 3 is 2.74 bits per heavy atom. The average molecular weight is 307 g/mol. The molecule has 7 nitrogen and oxygen atoms in total. The molecule has 0 fully saturated rings. The van der Waals surface area contributed by atoms with Crippen molar-refractivity contribution >= 4 is 17.4 Å². The van der Waals surface area contributed by atoms with Gasteiger partial charge >= 0.3 is 0 Å². The van der Waals surface area contributed by atoms with Crippen molar-refractivity contribution in [3.63, 3.8) is 0 Å². The number of carbonyl (C=O) groups is 1. The van der Waals surface area contributed by atoms with E-state index >= 15 is 0 Å². The lowest BCUT2D eigenvalue weighted by Crippen LogP contribution is -2.25. The van der Waals surface area contributed by atoms with Gasteiger partial charge in [0.05, 0.1) is 6.33 Å². The lowest BCUT2D eigenvalue weighted by atomic mass is 10.1. The molecule has 3 aromatic rings. The number of nitrogens with two attached hydrogens (primary N) is 1. The molecular formula is C16H13N5O2. The van der Waals surface area contributed by atoms with Crippen LogP contribution in [0, 0.1) is 0 Å². The van der Waals surface area contributed by atoms with Gasteiger partial charge in [-0.1, -0.05) is 18.2 Å². The van der Waals surface area contributed by atoms with E-state index in [9.17, 15) is 9.59 Å². The molecule has 0 aliphatic rings. The Morgan fingerprint density at radius 2 is 2.00 bits per heavy atom. The highest BCUT2D eigenvalue weighted by molar-refractivity contribution is 5.97. The number of primary amides is 1. The number of pyridine rings is 1. The van der Waals surface area contributed by atoms with E-state index < -0.39 is 11.5 Å². The van der Waals surface area contributed by atoms with Crippen molar-refractivity contribution in [2.24, 2.45) is 5.73 Å². The van der Waals surface area contributed by atoms with Crippen LogP contribution in [0.4, 0.5) is 11.5 Å². The Hall–Kier alpha value is -3.48. The second-order valence-corrected chi connectivity index (χ2v) is 4.77. The van der Waals surface area contributed by atoms with Crippen LogP contribution in [-0.2, 0) is 0 Å². The number of nitrogens with zero attached hydrogens (tertiary/aromatic N) is 2. The summed E-state index contributed by atoms with van der Waals surface area (Å²) in [5.74, 6) is -0.727. The molecular weight excluding hydrogens is 294 g/mol. The van der Waals surface area contributed by atoms with Crippen LogP contribution in [0.2, 0.25) is 0 Å². The molecule has 23 heavy (non-hydrogen) atoms. The predicted molar refractivity (Wildman–Crippen MR) is 86.3 cm³/mol. The van der Waals surface area contributed by atoms with Gasteiger partial charge in [0.2, 0.25) is 0 Å². The Bertz CT molecular complexity index is 906. The Kier molecular flexibility index (Phi) is 3.84. The quantitative estimate of drug-likeness (QED) is 0.678. The number of amides is 1. The molecule has 4 N–H and O–H groups in total. The van der Waals surface area contributed by atoms with Gasteiger partial charge in [-0.25, -0.2) is 4.98 Å². The van der Waals surface area contributed by atoms with Gasteiger partial charge in [-0.05, 0) is 23.8 Å². The van der Waals surface area contributed by atoms with E-state index in [1.807, 2.05) is 30.3 Å². The van der Waals surface area contributed by atoms with Crippen LogP contribution < -0.4 is 16.6 Å². The molecule has 1 amide bonds. The summed E-state index contributed by atoms with van der Waals surface area (Å²) in [5.41, 5.74) is 7.01. The molecule has 0 radical (unpaired) electrons. The first-order chi connectivity index (χ1) is 11.1. The summed E-state index contributed by atoms with van der Waals surface area (Å²) < 4.78 is 0. The Morgan fingerprint density at radius 1 is 1.17 bits per heavy atom. The Labute approximate surface area is 131 Å². The summed E-state index contributed by atoms with van der Waals surface area (Å²) >= 11 is 0. The summed E-state index contributed by atoms with van der Waals surface area (Å²) in [7, 11) is 0. The molecule has 0 saturated heterocycles. The van der Waals surface area contributed by atoms with Gasteiger partial charge in [0.15, 0.2) is 5.82 Å². The van der Waals surface area contributed by atoms with E-state index in [0.29, 0.717) is 5.69 Å². The molecule has 114 valence electrons. The van der Waals surface area contributed by atoms with Crippen molar-refractivity contribution in [2.45, 2.75) is 0 Å². The van der Waals surface area contributed by atoms with Gasteiger partial charge in [-0.15, -0.1) is 0 Å². The minimum Gasteiger partial charge on any atom is -0.365 e. The summed E-state index contributed by atoms with van der Waals surface area (Å²) in [6, 6.07) is 11.2. The number of benzene rings is 1. The van der Waals surface area contributed by atoms with Crippen molar-refractivity contribution in [3.05, 3.63) is 71.0 Å². The van der Waals surface area contributed by atoms with Crippen molar-refractivity contribution in [3.8, 4) is 11.1 Å². The first-order valence-electron chi connectivity index (χ1n) is 6.80. The number of hydrogen-bond donors (Lipinski definition) is 3. The van der Waals surface area contributed by atoms with E-state index in [2.05, 4.69) is 20.3 Å². The monoisotopic (exact) mass is 307 g/mol. The third-order valence-corrected chi connectivity index (χ3v) is 3.22.